The Balaban J connectivity index is 1.80. The van der Waals surface area contributed by atoms with Crippen molar-refractivity contribution >= 4 is 28.2 Å². The second kappa shape index (κ2) is 7.76. The number of nitrogens with two attached hydrogens (primary N) is 1. The summed E-state index contributed by atoms with van der Waals surface area (Å²) in [5.41, 5.74) is 1.76. The van der Waals surface area contributed by atoms with Gasteiger partial charge in [0.05, 0.1) is 41.1 Å². The van der Waals surface area contributed by atoms with Crippen LogP contribution >= 0.6 is 0 Å². The molecule has 0 fully saturated rings. The largest absolute Gasteiger partial charge is 0.434 e. The minimum atomic E-state index is -5.04. The van der Waals surface area contributed by atoms with Crippen LogP contribution in [0.4, 0.5) is 37.8 Å². The molecule has 3 heterocycles. The van der Waals surface area contributed by atoms with Crippen molar-refractivity contribution in [1.82, 2.24) is 19.7 Å². The fourth-order valence-electron chi connectivity index (χ4n) is 3.20. The van der Waals surface area contributed by atoms with Crippen LogP contribution in [0.5, 0.6) is 0 Å². The van der Waals surface area contributed by atoms with Gasteiger partial charge >= 0.3 is 12.4 Å². The maximum Gasteiger partial charge on any atom is 0.434 e. The Morgan fingerprint density at radius 2 is 1.64 bits per heavy atom. The first-order chi connectivity index (χ1) is 15.5. The SMILES string of the molecule is Nc1ncc(-n2ncc(C(=O)Nc3cncc(C(F)(F)F)c3)c2C(F)(F)F)c2ccccc12. The summed E-state index contributed by atoms with van der Waals surface area (Å²) in [6.45, 7) is 0. The van der Waals surface area contributed by atoms with Gasteiger partial charge in [0.25, 0.3) is 5.91 Å². The number of aromatic nitrogens is 4. The van der Waals surface area contributed by atoms with Crippen molar-refractivity contribution in [3.63, 3.8) is 0 Å². The summed E-state index contributed by atoms with van der Waals surface area (Å²) >= 11 is 0. The van der Waals surface area contributed by atoms with Gasteiger partial charge in [-0.05, 0) is 6.07 Å². The lowest BCUT2D eigenvalue weighted by molar-refractivity contribution is -0.143. The second-order valence-electron chi connectivity index (χ2n) is 6.80. The predicted octanol–water partition coefficient (Wildman–Crippen LogP) is 4.69. The lowest BCUT2D eigenvalue weighted by Gasteiger charge is -2.15. The van der Waals surface area contributed by atoms with Crippen molar-refractivity contribution in [1.29, 1.82) is 0 Å². The smallest absolute Gasteiger partial charge is 0.383 e. The van der Waals surface area contributed by atoms with E-state index in [0.29, 0.717) is 33.9 Å². The molecule has 4 rings (SSSR count). The fourth-order valence-corrected chi connectivity index (χ4v) is 3.20. The third-order valence-corrected chi connectivity index (χ3v) is 4.64. The number of amides is 1. The molecule has 1 amide bonds. The van der Waals surface area contributed by atoms with Crippen LogP contribution in [0.25, 0.3) is 16.5 Å². The summed E-state index contributed by atoms with van der Waals surface area (Å²) < 4.78 is 81.0. The molecule has 0 saturated heterocycles. The van der Waals surface area contributed by atoms with Gasteiger partial charge in [-0.1, -0.05) is 24.3 Å². The molecule has 0 aliphatic carbocycles. The maximum atomic E-state index is 14.0. The zero-order valence-corrected chi connectivity index (χ0v) is 16.2. The Bertz CT molecular complexity index is 1360. The van der Waals surface area contributed by atoms with Gasteiger partial charge in [0.15, 0.2) is 5.69 Å². The topological polar surface area (TPSA) is 98.7 Å². The van der Waals surface area contributed by atoms with Crippen LogP contribution in [0.3, 0.4) is 0 Å². The van der Waals surface area contributed by atoms with E-state index in [1.165, 1.54) is 6.07 Å². The van der Waals surface area contributed by atoms with E-state index in [4.69, 9.17) is 5.73 Å². The average Bonchev–Trinajstić information content (AvgIpc) is 3.20. The molecule has 0 unspecified atom stereocenters. The Kier molecular flexibility index (Phi) is 5.18. The minimum Gasteiger partial charge on any atom is -0.383 e. The van der Waals surface area contributed by atoms with Gasteiger partial charge < -0.3 is 11.1 Å². The van der Waals surface area contributed by atoms with Gasteiger partial charge in [0, 0.05) is 17.0 Å². The number of nitrogens with one attached hydrogen (secondary N) is 1. The summed E-state index contributed by atoms with van der Waals surface area (Å²) in [4.78, 5) is 19.9. The molecule has 0 aliphatic heterocycles. The highest BCUT2D eigenvalue weighted by molar-refractivity contribution is 6.05. The molecule has 0 bridgehead atoms. The van der Waals surface area contributed by atoms with E-state index in [1.807, 2.05) is 5.32 Å². The van der Waals surface area contributed by atoms with Crippen molar-refractivity contribution in [2.45, 2.75) is 12.4 Å². The van der Waals surface area contributed by atoms with E-state index in [0.717, 1.165) is 12.4 Å². The van der Waals surface area contributed by atoms with E-state index in [-0.39, 0.29) is 11.5 Å². The Hall–Kier alpha value is -4.16. The molecular weight excluding hydrogens is 454 g/mol. The molecule has 0 radical (unpaired) electrons. The molecule has 33 heavy (non-hydrogen) atoms. The number of hydrogen-bond donors (Lipinski definition) is 2. The molecule has 13 heteroatoms. The number of fused-ring (bicyclic) bond motifs is 1. The van der Waals surface area contributed by atoms with Crippen LogP contribution in [0.15, 0.2) is 55.1 Å². The summed E-state index contributed by atoms with van der Waals surface area (Å²) in [5, 5.41) is 6.39. The zero-order valence-electron chi connectivity index (χ0n) is 16.2. The van der Waals surface area contributed by atoms with Crippen LogP contribution in [0, 0.1) is 0 Å². The molecule has 3 aromatic heterocycles. The lowest BCUT2D eigenvalue weighted by atomic mass is 10.1. The minimum absolute atomic E-state index is 0.0880. The number of benzene rings is 1. The van der Waals surface area contributed by atoms with Crippen LogP contribution < -0.4 is 11.1 Å². The normalized spacial score (nSPS) is 12.2. The molecule has 7 nitrogen and oxygen atoms in total. The summed E-state index contributed by atoms with van der Waals surface area (Å²) in [5.74, 6) is -1.23. The molecule has 3 N–H and O–H groups in total. The summed E-state index contributed by atoms with van der Waals surface area (Å²) in [7, 11) is 0. The van der Waals surface area contributed by atoms with E-state index < -0.39 is 40.8 Å². The van der Waals surface area contributed by atoms with Crippen molar-refractivity contribution in [3.8, 4) is 5.69 Å². The quantitative estimate of drug-likeness (QED) is 0.427. The number of alkyl halides is 6. The third-order valence-electron chi connectivity index (χ3n) is 4.64. The first-order valence-electron chi connectivity index (χ1n) is 9.09. The first kappa shape index (κ1) is 22.0. The molecule has 4 aromatic rings. The fraction of sp³-hybridized carbons (Fsp3) is 0.100. The molecule has 1 aromatic carbocycles. The van der Waals surface area contributed by atoms with Crippen LogP contribution in [0.1, 0.15) is 21.6 Å². The van der Waals surface area contributed by atoms with Crippen LogP contribution in [0.2, 0.25) is 0 Å². The molecule has 0 spiro atoms. The monoisotopic (exact) mass is 466 g/mol. The summed E-state index contributed by atoms with van der Waals surface area (Å²) in [6.07, 6.45) is -6.64. The van der Waals surface area contributed by atoms with Crippen molar-refractivity contribution in [2.75, 3.05) is 11.1 Å². The van der Waals surface area contributed by atoms with Crippen molar-refractivity contribution in [2.24, 2.45) is 0 Å². The van der Waals surface area contributed by atoms with Gasteiger partial charge in [-0.3, -0.25) is 9.78 Å². The number of anilines is 2. The number of halogens is 6. The van der Waals surface area contributed by atoms with Crippen molar-refractivity contribution < 1.29 is 31.1 Å². The molecule has 170 valence electrons. The van der Waals surface area contributed by atoms with E-state index in [2.05, 4.69) is 15.1 Å². The zero-order chi connectivity index (χ0) is 24.0. The number of carbonyl (C=O) groups is 1. The lowest BCUT2D eigenvalue weighted by Crippen LogP contribution is -2.21. The van der Waals surface area contributed by atoms with Gasteiger partial charge in [-0.15, -0.1) is 0 Å². The number of nitrogens with zero attached hydrogens (tertiary/aromatic N) is 4. The molecule has 0 atom stereocenters. The third kappa shape index (κ3) is 4.16. The number of rotatable bonds is 3. The number of carbonyl (C=O) groups excluding carboxylic acids is 1. The van der Waals surface area contributed by atoms with Gasteiger partial charge in [0.2, 0.25) is 0 Å². The van der Waals surface area contributed by atoms with E-state index in [1.54, 1.807) is 18.2 Å². The Labute approximate surface area is 180 Å². The van der Waals surface area contributed by atoms with Crippen LogP contribution in [-0.2, 0) is 12.4 Å². The van der Waals surface area contributed by atoms with Crippen molar-refractivity contribution in [3.05, 3.63) is 71.9 Å². The number of pyridine rings is 2. The average molecular weight is 466 g/mol. The maximum absolute atomic E-state index is 14.0. The predicted molar refractivity (Wildman–Crippen MR) is 105 cm³/mol. The van der Waals surface area contributed by atoms with Gasteiger partial charge in [0.1, 0.15) is 5.82 Å². The summed E-state index contributed by atoms with van der Waals surface area (Å²) in [6, 6.07) is 6.83. The first-order valence-corrected chi connectivity index (χ1v) is 9.09. The van der Waals surface area contributed by atoms with E-state index in [9.17, 15) is 31.1 Å². The highest BCUT2D eigenvalue weighted by atomic mass is 19.4. The standard InChI is InChI=1S/C20H12F6N6O/c21-19(22,23)10-5-11(7-28-6-10)31-18(33)14-8-30-32(16(14)20(24,25)26)15-9-29-17(27)13-4-2-1-3-12(13)15/h1-9H,(H2,27,29)(H,31,33). The Morgan fingerprint density at radius 1 is 0.939 bits per heavy atom. The highest BCUT2D eigenvalue weighted by Gasteiger charge is 2.41. The van der Waals surface area contributed by atoms with E-state index >= 15 is 0 Å². The van der Waals surface area contributed by atoms with Gasteiger partial charge in [-0.25, -0.2) is 9.67 Å². The number of hydrogen-bond acceptors (Lipinski definition) is 5. The highest BCUT2D eigenvalue weighted by Crippen LogP contribution is 2.36. The number of nitrogen functional groups attached to an aromatic ring is 1. The molecular formula is C20H12F6N6O. The molecule has 0 aliphatic rings. The van der Waals surface area contributed by atoms with Crippen LogP contribution in [-0.4, -0.2) is 25.7 Å². The second-order valence-corrected chi connectivity index (χ2v) is 6.80. The van der Waals surface area contributed by atoms with Gasteiger partial charge in [-0.2, -0.15) is 31.4 Å². The molecule has 0 saturated carbocycles. The Morgan fingerprint density at radius 3 is 2.30 bits per heavy atom.